The fourth-order valence-corrected chi connectivity index (χ4v) is 4.14. The SMILES string of the molecule is COC1CCCC1NS(=O)(=O)c1cccc(Br)c1. The second kappa shape index (κ2) is 5.69. The fourth-order valence-electron chi connectivity index (χ4n) is 2.24. The summed E-state index contributed by atoms with van der Waals surface area (Å²) in [7, 11) is -1.85. The van der Waals surface area contributed by atoms with Gasteiger partial charge in [0.15, 0.2) is 0 Å². The van der Waals surface area contributed by atoms with Crippen LogP contribution < -0.4 is 4.72 Å². The van der Waals surface area contributed by atoms with E-state index in [0.29, 0.717) is 0 Å². The van der Waals surface area contributed by atoms with Gasteiger partial charge in [-0.25, -0.2) is 13.1 Å². The lowest BCUT2D eigenvalue weighted by Crippen LogP contribution is -2.40. The molecule has 0 spiro atoms. The summed E-state index contributed by atoms with van der Waals surface area (Å²) in [4.78, 5) is 0.277. The van der Waals surface area contributed by atoms with Crippen LogP contribution in [-0.4, -0.2) is 27.7 Å². The van der Waals surface area contributed by atoms with Crippen LogP contribution in [0, 0.1) is 0 Å². The third-order valence-corrected chi connectivity index (χ3v) is 5.15. The van der Waals surface area contributed by atoms with E-state index in [2.05, 4.69) is 20.7 Å². The highest BCUT2D eigenvalue weighted by molar-refractivity contribution is 9.10. The van der Waals surface area contributed by atoms with Gasteiger partial charge in [0.25, 0.3) is 0 Å². The maximum Gasteiger partial charge on any atom is 0.240 e. The standard InChI is InChI=1S/C12H16BrNO3S/c1-17-12-7-3-6-11(12)14-18(15,16)10-5-2-4-9(13)8-10/h2,4-5,8,11-12,14H,3,6-7H2,1H3. The van der Waals surface area contributed by atoms with Crippen molar-refractivity contribution in [2.45, 2.75) is 36.3 Å². The Kier molecular flexibility index (Phi) is 4.42. The molecule has 0 bridgehead atoms. The number of rotatable bonds is 4. The first-order valence-corrected chi connectivity index (χ1v) is 8.11. The Labute approximate surface area is 116 Å². The van der Waals surface area contributed by atoms with Crippen LogP contribution >= 0.6 is 15.9 Å². The smallest absolute Gasteiger partial charge is 0.240 e. The number of hydrogen-bond donors (Lipinski definition) is 1. The van der Waals surface area contributed by atoms with E-state index >= 15 is 0 Å². The van der Waals surface area contributed by atoms with Crippen molar-refractivity contribution in [1.29, 1.82) is 0 Å². The monoisotopic (exact) mass is 333 g/mol. The molecule has 1 saturated carbocycles. The Balaban J connectivity index is 2.17. The van der Waals surface area contributed by atoms with Gasteiger partial charge in [0, 0.05) is 17.6 Å². The molecule has 6 heteroatoms. The average molecular weight is 334 g/mol. The Morgan fingerprint density at radius 1 is 1.39 bits per heavy atom. The molecule has 0 radical (unpaired) electrons. The van der Waals surface area contributed by atoms with Crippen LogP contribution in [0.15, 0.2) is 33.6 Å². The van der Waals surface area contributed by atoms with Gasteiger partial charge in [0.2, 0.25) is 10.0 Å². The van der Waals surface area contributed by atoms with Crippen molar-refractivity contribution in [1.82, 2.24) is 4.72 Å². The van der Waals surface area contributed by atoms with Crippen molar-refractivity contribution < 1.29 is 13.2 Å². The molecular formula is C12H16BrNO3S. The minimum atomic E-state index is -3.47. The van der Waals surface area contributed by atoms with Gasteiger partial charge in [0.1, 0.15) is 0 Å². The molecule has 1 aliphatic carbocycles. The van der Waals surface area contributed by atoms with Gasteiger partial charge in [-0.05, 0) is 37.5 Å². The second-order valence-electron chi connectivity index (χ2n) is 4.39. The Morgan fingerprint density at radius 3 is 2.83 bits per heavy atom. The molecule has 2 atom stereocenters. The first-order valence-electron chi connectivity index (χ1n) is 5.83. The number of sulfonamides is 1. The maximum absolute atomic E-state index is 12.2. The number of nitrogens with one attached hydrogen (secondary N) is 1. The molecular weight excluding hydrogens is 318 g/mol. The number of benzene rings is 1. The van der Waals surface area contributed by atoms with Crippen molar-refractivity contribution in [2.24, 2.45) is 0 Å². The normalized spacial score (nSPS) is 24.3. The quantitative estimate of drug-likeness (QED) is 0.919. The van der Waals surface area contributed by atoms with Crippen LogP contribution in [0.4, 0.5) is 0 Å². The maximum atomic E-state index is 12.2. The predicted molar refractivity (Wildman–Crippen MR) is 72.9 cm³/mol. The number of ether oxygens (including phenoxy) is 1. The topological polar surface area (TPSA) is 55.4 Å². The molecule has 0 heterocycles. The summed E-state index contributed by atoms with van der Waals surface area (Å²) < 4.78 is 33.2. The highest BCUT2D eigenvalue weighted by Crippen LogP contribution is 2.24. The summed E-state index contributed by atoms with van der Waals surface area (Å²) in [6.45, 7) is 0. The van der Waals surface area contributed by atoms with Crippen LogP contribution in [0.5, 0.6) is 0 Å². The molecule has 1 aromatic carbocycles. The first-order chi connectivity index (χ1) is 8.53. The summed E-state index contributed by atoms with van der Waals surface area (Å²) in [5.74, 6) is 0. The first kappa shape index (κ1) is 14.0. The Morgan fingerprint density at radius 2 is 2.17 bits per heavy atom. The van der Waals surface area contributed by atoms with Crippen molar-refractivity contribution >= 4 is 26.0 Å². The van der Waals surface area contributed by atoms with Crippen LogP contribution in [0.3, 0.4) is 0 Å². The molecule has 1 fully saturated rings. The van der Waals surface area contributed by atoms with E-state index in [1.807, 2.05) is 0 Å². The van der Waals surface area contributed by atoms with Gasteiger partial charge in [-0.2, -0.15) is 0 Å². The van der Waals surface area contributed by atoms with Crippen LogP contribution in [-0.2, 0) is 14.8 Å². The van der Waals surface area contributed by atoms with Crippen molar-refractivity contribution in [3.63, 3.8) is 0 Å². The Bertz CT molecular complexity index is 518. The van der Waals surface area contributed by atoms with E-state index in [9.17, 15) is 8.42 Å². The number of halogens is 1. The van der Waals surface area contributed by atoms with Crippen LogP contribution in [0.2, 0.25) is 0 Å². The summed E-state index contributed by atoms with van der Waals surface area (Å²) in [5, 5.41) is 0. The van der Waals surface area contributed by atoms with Gasteiger partial charge in [-0.3, -0.25) is 0 Å². The number of hydrogen-bond acceptors (Lipinski definition) is 3. The molecule has 2 rings (SSSR count). The van der Waals surface area contributed by atoms with E-state index < -0.39 is 10.0 Å². The second-order valence-corrected chi connectivity index (χ2v) is 7.02. The van der Waals surface area contributed by atoms with Crippen LogP contribution in [0.1, 0.15) is 19.3 Å². The van der Waals surface area contributed by atoms with Crippen molar-refractivity contribution in [2.75, 3.05) is 7.11 Å². The van der Waals surface area contributed by atoms with Gasteiger partial charge in [0.05, 0.1) is 11.0 Å². The lowest BCUT2D eigenvalue weighted by Gasteiger charge is -2.19. The largest absolute Gasteiger partial charge is 0.380 e. The molecule has 2 unspecified atom stereocenters. The third-order valence-electron chi connectivity index (χ3n) is 3.17. The fraction of sp³-hybridized carbons (Fsp3) is 0.500. The molecule has 4 nitrogen and oxygen atoms in total. The summed E-state index contributed by atoms with van der Waals surface area (Å²) >= 11 is 3.28. The van der Waals surface area contributed by atoms with Gasteiger partial charge >= 0.3 is 0 Å². The minimum Gasteiger partial charge on any atom is -0.380 e. The third kappa shape index (κ3) is 3.12. The Hall–Kier alpha value is -0.430. The predicted octanol–water partition coefficient (Wildman–Crippen LogP) is 2.29. The van der Waals surface area contributed by atoms with Crippen molar-refractivity contribution in [3.05, 3.63) is 28.7 Å². The highest BCUT2D eigenvalue weighted by atomic mass is 79.9. The molecule has 100 valence electrons. The lowest BCUT2D eigenvalue weighted by molar-refractivity contribution is 0.0916. The molecule has 18 heavy (non-hydrogen) atoms. The molecule has 1 aromatic rings. The molecule has 0 aliphatic heterocycles. The van der Waals surface area contributed by atoms with Gasteiger partial charge in [-0.15, -0.1) is 0 Å². The summed E-state index contributed by atoms with van der Waals surface area (Å²) in [5.41, 5.74) is 0. The van der Waals surface area contributed by atoms with E-state index in [0.717, 1.165) is 23.7 Å². The zero-order chi connectivity index (χ0) is 13.2. The van der Waals surface area contributed by atoms with E-state index in [4.69, 9.17) is 4.74 Å². The summed E-state index contributed by atoms with van der Waals surface area (Å²) in [6.07, 6.45) is 2.70. The molecule has 0 aromatic heterocycles. The zero-order valence-electron chi connectivity index (χ0n) is 10.1. The lowest BCUT2D eigenvalue weighted by atomic mass is 10.2. The van der Waals surface area contributed by atoms with E-state index in [1.54, 1.807) is 31.4 Å². The van der Waals surface area contributed by atoms with E-state index in [-0.39, 0.29) is 17.0 Å². The highest BCUT2D eigenvalue weighted by Gasteiger charge is 2.31. The van der Waals surface area contributed by atoms with Crippen molar-refractivity contribution in [3.8, 4) is 0 Å². The summed E-state index contributed by atoms with van der Waals surface area (Å²) in [6, 6.07) is 6.57. The van der Waals surface area contributed by atoms with Gasteiger partial charge < -0.3 is 4.74 Å². The molecule has 1 N–H and O–H groups in total. The van der Waals surface area contributed by atoms with Gasteiger partial charge in [-0.1, -0.05) is 22.0 Å². The molecule has 0 saturated heterocycles. The zero-order valence-corrected chi connectivity index (χ0v) is 12.5. The van der Waals surface area contributed by atoms with Crippen LogP contribution in [0.25, 0.3) is 0 Å². The minimum absolute atomic E-state index is 0.0214. The molecule has 1 aliphatic rings. The average Bonchev–Trinajstić information content (AvgIpc) is 2.75. The van der Waals surface area contributed by atoms with E-state index in [1.165, 1.54) is 0 Å². The molecule has 0 amide bonds. The number of methoxy groups -OCH3 is 1.